The lowest BCUT2D eigenvalue weighted by molar-refractivity contribution is -0.136. The Labute approximate surface area is 102 Å². The molecule has 2 aromatic rings. The predicted octanol–water partition coefficient (Wildman–Crippen LogP) is 1.01. The van der Waals surface area contributed by atoms with Gasteiger partial charge in [0.25, 0.3) is 5.56 Å². The fraction of sp³-hybridized carbons (Fsp3) is 0.167. The van der Waals surface area contributed by atoms with Crippen LogP contribution < -0.4 is 10.3 Å². The predicted molar refractivity (Wildman–Crippen MR) is 64.7 cm³/mol. The molecule has 18 heavy (non-hydrogen) atoms. The average Bonchev–Trinajstić information content (AvgIpc) is 2.71. The fourth-order valence-corrected chi connectivity index (χ4v) is 1.71. The largest absolute Gasteiger partial charge is 0.497 e. The van der Waals surface area contributed by atoms with Gasteiger partial charge in [0.1, 0.15) is 5.75 Å². The summed E-state index contributed by atoms with van der Waals surface area (Å²) >= 11 is 0. The van der Waals surface area contributed by atoms with Crippen molar-refractivity contribution in [1.29, 1.82) is 0 Å². The molecule has 1 heterocycles. The van der Waals surface area contributed by atoms with E-state index in [1.54, 1.807) is 31.4 Å². The topological polar surface area (TPSA) is 95.2 Å². The van der Waals surface area contributed by atoms with Gasteiger partial charge in [0.15, 0.2) is 0 Å². The second kappa shape index (κ2) is 4.79. The molecule has 94 valence electrons. The molecule has 0 aliphatic heterocycles. The summed E-state index contributed by atoms with van der Waals surface area (Å²) in [6.07, 6.45) is -0.319. The molecule has 1 aromatic heterocycles. The number of H-pyrrole nitrogens is 2. The number of benzene rings is 1. The Hall–Kier alpha value is -2.50. The Morgan fingerprint density at radius 3 is 2.50 bits per heavy atom. The highest BCUT2D eigenvalue weighted by Crippen LogP contribution is 2.22. The Balaban J connectivity index is 2.43. The van der Waals surface area contributed by atoms with Gasteiger partial charge in [-0.1, -0.05) is 0 Å². The minimum Gasteiger partial charge on any atom is -0.497 e. The van der Waals surface area contributed by atoms with Gasteiger partial charge >= 0.3 is 5.97 Å². The van der Waals surface area contributed by atoms with Crippen molar-refractivity contribution in [3.8, 4) is 17.0 Å². The van der Waals surface area contributed by atoms with Crippen LogP contribution in [0.5, 0.6) is 5.75 Å². The monoisotopic (exact) mass is 248 g/mol. The summed E-state index contributed by atoms with van der Waals surface area (Å²) in [5.41, 5.74) is 1.02. The lowest BCUT2D eigenvalue weighted by Gasteiger charge is -2.03. The quantitative estimate of drug-likeness (QED) is 0.752. The number of aromatic amines is 2. The van der Waals surface area contributed by atoms with Crippen molar-refractivity contribution in [2.24, 2.45) is 0 Å². The first kappa shape index (κ1) is 12.0. The van der Waals surface area contributed by atoms with E-state index in [4.69, 9.17) is 9.84 Å². The maximum Gasteiger partial charge on any atom is 0.308 e. The van der Waals surface area contributed by atoms with Crippen molar-refractivity contribution < 1.29 is 14.6 Å². The second-order valence-corrected chi connectivity index (χ2v) is 3.73. The lowest BCUT2D eigenvalue weighted by Crippen LogP contribution is -2.11. The summed E-state index contributed by atoms with van der Waals surface area (Å²) in [4.78, 5) is 22.2. The van der Waals surface area contributed by atoms with Crippen molar-refractivity contribution in [3.63, 3.8) is 0 Å². The molecule has 0 radical (unpaired) electrons. The van der Waals surface area contributed by atoms with E-state index in [-0.39, 0.29) is 12.0 Å². The molecule has 0 amide bonds. The summed E-state index contributed by atoms with van der Waals surface area (Å²) < 4.78 is 5.03. The third kappa shape index (κ3) is 2.27. The number of ether oxygens (including phenoxy) is 1. The van der Waals surface area contributed by atoms with Crippen molar-refractivity contribution in [1.82, 2.24) is 10.2 Å². The molecule has 0 fully saturated rings. The van der Waals surface area contributed by atoms with Gasteiger partial charge in [0, 0.05) is 5.56 Å². The molecule has 1 aromatic carbocycles. The highest BCUT2D eigenvalue weighted by Gasteiger charge is 2.14. The molecule has 0 bridgehead atoms. The highest BCUT2D eigenvalue weighted by molar-refractivity contribution is 5.74. The second-order valence-electron chi connectivity index (χ2n) is 3.73. The summed E-state index contributed by atoms with van der Waals surface area (Å²) in [5.74, 6) is -0.355. The van der Waals surface area contributed by atoms with E-state index in [1.165, 1.54) is 0 Å². The fourth-order valence-electron chi connectivity index (χ4n) is 1.71. The molecular weight excluding hydrogens is 236 g/mol. The summed E-state index contributed by atoms with van der Waals surface area (Å²) in [6.45, 7) is 0. The maximum absolute atomic E-state index is 11.5. The van der Waals surface area contributed by atoms with E-state index < -0.39 is 11.5 Å². The number of carbonyl (C=O) groups is 1. The zero-order chi connectivity index (χ0) is 13.1. The summed E-state index contributed by atoms with van der Waals surface area (Å²) in [5, 5.41) is 13.9. The Morgan fingerprint density at radius 2 is 1.94 bits per heavy atom. The SMILES string of the molecule is COc1ccc(-c2[nH][nH]c(=O)c2CC(=O)O)cc1. The van der Waals surface area contributed by atoms with Crippen molar-refractivity contribution in [3.05, 3.63) is 40.2 Å². The number of hydrogen-bond donors (Lipinski definition) is 3. The molecule has 0 aliphatic carbocycles. The number of carboxylic acid groups (broad SMARTS) is 1. The van der Waals surface area contributed by atoms with Crippen LogP contribution in [0.1, 0.15) is 5.56 Å². The van der Waals surface area contributed by atoms with E-state index in [2.05, 4.69) is 10.2 Å². The third-order valence-corrected chi connectivity index (χ3v) is 2.58. The van der Waals surface area contributed by atoms with E-state index in [0.717, 1.165) is 5.56 Å². The van der Waals surface area contributed by atoms with E-state index in [9.17, 15) is 9.59 Å². The Bertz CT molecular complexity index is 610. The first-order valence-electron chi connectivity index (χ1n) is 5.27. The van der Waals surface area contributed by atoms with Crippen LogP contribution in [0.3, 0.4) is 0 Å². The summed E-state index contributed by atoms with van der Waals surface area (Å²) in [7, 11) is 1.56. The number of aliphatic carboxylic acids is 1. The van der Waals surface area contributed by atoms with Gasteiger partial charge in [-0.3, -0.25) is 19.8 Å². The standard InChI is InChI=1S/C12H12N2O4/c1-18-8-4-2-7(3-5-8)11-9(6-10(15)16)12(17)14-13-11/h2-5H,6H2,1H3,(H,15,16)(H2,13,14,17). The number of hydrogen-bond acceptors (Lipinski definition) is 3. The molecule has 0 saturated heterocycles. The lowest BCUT2D eigenvalue weighted by atomic mass is 10.1. The molecule has 0 unspecified atom stereocenters. The zero-order valence-corrected chi connectivity index (χ0v) is 9.69. The minimum atomic E-state index is -1.05. The summed E-state index contributed by atoms with van der Waals surface area (Å²) in [6, 6.07) is 6.99. The average molecular weight is 248 g/mol. The number of rotatable bonds is 4. The van der Waals surface area contributed by atoms with Crippen LogP contribution in [0.4, 0.5) is 0 Å². The van der Waals surface area contributed by atoms with E-state index in [0.29, 0.717) is 11.4 Å². The number of carboxylic acids is 1. The first-order valence-corrected chi connectivity index (χ1v) is 5.27. The van der Waals surface area contributed by atoms with Crippen LogP contribution >= 0.6 is 0 Å². The van der Waals surface area contributed by atoms with Crippen LogP contribution in [0, 0.1) is 0 Å². The molecule has 6 nitrogen and oxygen atoms in total. The molecule has 0 spiro atoms. The maximum atomic E-state index is 11.5. The number of methoxy groups -OCH3 is 1. The number of nitrogens with one attached hydrogen (secondary N) is 2. The van der Waals surface area contributed by atoms with E-state index >= 15 is 0 Å². The molecule has 3 N–H and O–H groups in total. The zero-order valence-electron chi connectivity index (χ0n) is 9.69. The smallest absolute Gasteiger partial charge is 0.308 e. The molecular formula is C12H12N2O4. The number of aromatic nitrogens is 2. The normalized spacial score (nSPS) is 10.3. The van der Waals surface area contributed by atoms with Gasteiger partial charge in [-0.05, 0) is 24.3 Å². The van der Waals surface area contributed by atoms with Gasteiger partial charge in [0.2, 0.25) is 0 Å². The van der Waals surface area contributed by atoms with E-state index in [1.807, 2.05) is 0 Å². The molecule has 2 rings (SSSR count). The van der Waals surface area contributed by atoms with Crippen LogP contribution in [0.15, 0.2) is 29.1 Å². The molecule has 6 heteroatoms. The van der Waals surface area contributed by atoms with Gasteiger partial charge in [-0.15, -0.1) is 0 Å². The Morgan fingerprint density at radius 1 is 1.28 bits per heavy atom. The Kier molecular flexibility index (Phi) is 3.18. The van der Waals surface area contributed by atoms with Gasteiger partial charge in [-0.25, -0.2) is 0 Å². The molecule has 0 aliphatic rings. The van der Waals surface area contributed by atoms with Crippen LogP contribution in [0.25, 0.3) is 11.3 Å². The molecule has 0 atom stereocenters. The van der Waals surface area contributed by atoms with Gasteiger partial charge in [0.05, 0.1) is 24.8 Å². The van der Waals surface area contributed by atoms with Crippen molar-refractivity contribution >= 4 is 5.97 Å². The van der Waals surface area contributed by atoms with Gasteiger partial charge < -0.3 is 9.84 Å². The van der Waals surface area contributed by atoms with Crippen LogP contribution in [-0.4, -0.2) is 28.4 Å². The highest BCUT2D eigenvalue weighted by atomic mass is 16.5. The van der Waals surface area contributed by atoms with Crippen molar-refractivity contribution in [2.75, 3.05) is 7.11 Å². The first-order chi connectivity index (χ1) is 8.61. The van der Waals surface area contributed by atoms with Crippen LogP contribution in [0.2, 0.25) is 0 Å². The van der Waals surface area contributed by atoms with Gasteiger partial charge in [-0.2, -0.15) is 0 Å². The van der Waals surface area contributed by atoms with Crippen molar-refractivity contribution in [2.45, 2.75) is 6.42 Å². The minimum absolute atomic E-state index is 0.215. The van der Waals surface area contributed by atoms with Crippen LogP contribution in [-0.2, 0) is 11.2 Å². The molecule has 0 saturated carbocycles. The third-order valence-electron chi connectivity index (χ3n) is 2.58.